The van der Waals surface area contributed by atoms with E-state index < -0.39 is 17.1 Å². The number of carboxylic acids is 1. The fraction of sp³-hybridized carbons (Fsp3) is 0.0833. The average molecular weight is 281 g/mol. The fourth-order valence-electron chi connectivity index (χ4n) is 1.58. The van der Waals surface area contributed by atoms with E-state index in [1.807, 2.05) is 0 Å². The van der Waals surface area contributed by atoms with Crippen molar-refractivity contribution in [2.45, 2.75) is 0 Å². The maximum atomic E-state index is 11.3. The van der Waals surface area contributed by atoms with Crippen LogP contribution >= 0.6 is 11.6 Å². The molecule has 0 spiro atoms. The van der Waals surface area contributed by atoms with Crippen molar-refractivity contribution in [2.75, 3.05) is 7.11 Å². The predicted molar refractivity (Wildman–Crippen MR) is 68.8 cm³/mol. The van der Waals surface area contributed by atoms with E-state index in [1.165, 1.54) is 13.2 Å². The van der Waals surface area contributed by atoms with Gasteiger partial charge < -0.3 is 9.84 Å². The van der Waals surface area contributed by atoms with Crippen LogP contribution in [-0.4, -0.2) is 28.4 Å². The Hall–Kier alpha value is -2.34. The number of H-pyrrole nitrogens is 1. The van der Waals surface area contributed by atoms with Crippen LogP contribution in [0.4, 0.5) is 0 Å². The summed E-state index contributed by atoms with van der Waals surface area (Å²) >= 11 is 5.89. The normalized spacial score (nSPS) is 10.2. The van der Waals surface area contributed by atoms with Crippen molar-refractivity contribution >= 4 is 17.6 Å². The van der Waals surface area contributed by atoms with Gasteiger partial charge in [-0.1, -0.05) is 11.6 Å². The van der Waals surface area contributed by atoms with E-state index >= 15 is 0 Å². The molecule has 2 aromatic rings. The topological polar surface area (TPSA) is 92.3 Å². The summed E-state index contributed by atoms with van der Waals surface area (Å²) in [6.07, 6.45) is 0. The lowest BCUT2D eigenvalue weighted by atomic mass is 10.1. The van der Waals surface area contributed by atoms with E-state index in [0.29, 0.717) is 16.3 Å². The Morgan fingerprint density at radius 3 is 2.79 bits per heavy atom. The fourth-order valence-corrected chi connectivity index (χ4v) is 1.76. The minimum atomic E-state index is -1.33. The molecule has 7 heteroatoms. The first-order valence-corrected chi connectivity index (χ1v) is 5.57. The summed E-state index contributed by atoms with van der Waals surface area (Å²) < 4.78 is 5.15. The molecule has 0 radical (unpaired) electrons. The summed E-state index contributed by atoms with van der Waals surface area (Å²) in [5, 5.41) is 15.3. The van der Waals surface area contributed by atoms with Gasteiger partial charge in [0.25, 0.3) is 5.56 Å². The number of nitrogens with one attached hydrogen (secondary N) is 1. The molecule has 0 unspecified atom stereocenters. The van der Waals surface area contributed by atoms with Crippen molar-refractivity contribution in [1.82, 2.24) is 10.2 Å². The molecule has 0 bridgehead atoms. The second-order valence-electron chi connectivity index (χ2n) is 3.65. The maximum absolute atomic E-state index is 11.3. The Morgan fingerprint density at radius 1 is 1.42 bits per heavy atom. The summed E-state index contributed by atoms with van der Waals surface area (Å²) in [5.41, 5.74) is -0.408. The zero-order valence-corrected chi connectivity index (χ0v) is 10.6. The third-order valence-corrected chi connectivity index (χ3v) is 2.71. The van der Waals surface area contributed by atoms with Gasteiger partial charge in [0, 0.05) is 10.6 Å². The van der Waals surface area contributed by atoms with Crippen LogP contribution in [0.5, 0.6) is 5.75 Å². The van der Waals surface area contributed by atoms with E-state index in [2.05, 4.69) is 10.2 Å². The Kier molecular flexibility index (Phi) is 3.52. The molecule has 98 valence electrons. The zero-order valence-electron chi connectivity index (χ0n) is 9.81. The van der Waals surface area contributed by atoms with Gasteiger partial charge in [-0.2, -0.15) is 5.10 Å². The van der Waals surface area contributed by atoms with Crippen LogP contribution in [0, 0.1) is 0 Å². The van der Waals surface area contributed by atoms with Crippen molar-refractivity contribution in [3.8, 4) is 17.0 Å². The molecule has 1 heterocycles. The summed E-state index contributed by atoms with van der Waals surface area (Å²) in [4.78, 5) is 22.2. The lowest BCUT2D eigenvalue weighted by Gasteiger charge is -2.08. The number of aromatic carboxylic acids is 1. The molecule has 0 aliphatic rings. The first-order valence-electron chi connectivity index (χ1n) is 5.20. The van der Waals surface area contributed by atoms with E-state index in [1.54, 1.807) is 18.2 Å². The smallest absolute Gasteiger partial charge is 0.341 e. The van der Waals surface area contributed by atoms with Gasteiger partial charge in [-0.3, -0.25) is 4.79 Å². The molecule has 1 aromatic heterocycles. The van der Waals surface area contributed by atoms with Crippen LogP contribution in [0.2, 0.25) is 5.02 Å². The first-order chi connectivity index (χ1) is 9.02. The second kappa shape index (κ2) is 5.11. The summed E-state index contributed by atoms with van der Waals surface area (Å²) in [6.45, 7) is 0. The van der Waals surface area contributed by atoms with E-state index in [0.717, 1.165) is 0 Å². The monoisotopic (exact) mass is 280 g/mol. The number of carbonyl (C=O) groups is 1. The number of hydrogen-bond donors (Lipinski definition) is 2. The van der Waals surface area contributed by atoms with Crippen LogP contribution in [0.15, 0.2) is 29.1 Å². The summed E-state index contributed by atoms with van der Waals surface area (Å²) in [5.74, 6) is -0.855. The van der Waals surface area contributed by atoms with Crippen LogP contribution in [0.25, 0.3) is 11.3 Å². The summed E-state index contributed by atoms with van der Waals surface area (Å²) in [7, 11) is 1.47. The van der Waals surface area contributed by atoms with Gasteiger partial charge in [-0.25, -0.2) is 9.89 Å². The number of hydrogen-bond acceptors (Lipinski definition) is 4. The van der Waals surface area contributed by atoms with Crippen LogP contribution in [0.3, 0.4) is 0 Å². The van der Waals surface area contributed by atoms with Gasteiger partial charge in [0.1, 0.15) is 11.3 Å². The van der Waals surface area contributed by atoms with Gasteiger partial charge in [-0.15, -0.1) is 0 Å². The van der Waals surface area contributed by atoms with Gasteiger partial charge >= 0.3 is 5.97 Å². The molecule has 0 aliphatic heterocycles. The molecule has 2 N–H and O–H groups in total. The van der Waals surface area contributed by atoms with Gasteiger partial charge in [-0.05, 0) is 24.3 Å². The number of aromatic nitrogens is 2. The lowest BCUT2D eigenvalue weighted by molar-refractivity contribution is 0.0694. The molecule has 0 amide bonds. The molecule has 0 saturated heterocycles. The third kappa shape index (κ3) is 2.58. The highest BCUT2D eigenvalue weighted by Crippen LogP contribution is 2.30. The SMILES string of the molecule is COc1ccc(Cl)cc1-c1cc(C(=O)O)c(=O)[nH]n1. The van der Waals surface area contributed by atoms with E-state index in [4.69, 9.17) is 21.4 Å². The Labute approximate surface area is 112 Å². The van der Waals surface area contributed by atoms with Crippen LogP contribution in [-0.2, 0) is 0 Å². The van der Waals surface area contributed by atoms with Gasteiger partial charge in [0.2, 0.25) is 0 Å². The number of carboxylic acid groups (broad SMARTS) is 1. The molecule has 2 rings (SSSR count). The molecule has 1 aromatic carbocycles. The number of rotatable bonds is 3. The average Bonchev–Trinajstić information content (AvgIpc) is 2.39. The molecule has 0 saturated carbocycles. The number of halogens is 1. The van der Waals surface area contributed by atoms with Crippen LogP contribution in [0.1, 0.15) is 10.4 Å². The highest BCUT2D eigenvalue weighted by atomic mass is 35.5. The lowest BCUT2D eigenvalue weighted by Crippen LogP contribution is -2.18. The number of ether oxygens (including phenoxy) is 1. The molecular weight excluding hydrogens is 272 g/mol. The quantitative estimate of drug-likeness (QED) is 0.894. The minimum Gasteiger partial charge on any atom is -0.496 e. The first kappa shape index (κ1) is 13.1. The minimum absolute atomic E-state index is 0.261. The number of nitrogens with zero attached hydrogens (tertiary/aromatic N) is 1. The van der Waals surface area contributed by atoms with Gasteiger partial charge in [0.15, 0.2) is 0 Å². The molecule has 0 atom stereocenters. The van der Waals surface area contributed by atoms with Crippen molar-refractivity contribution in [3.63, 3.8) is 0 Å². The van der Waals surface area contributed by atoms with Crippen molar-refractivity contribution < 1.29 is 14.6 Å². The second-order valence-corrected chi connectivity index (χ2v) is 4.08. The molecular formula is C12H9ClN2O4. The zero-order chi connectivity index (χ0) is 14.0. The number of benzene rings is 1. The van der Waals surface area contributed by atoms with E-state index in [-0.39, 0.29) is 5.69 Å². The Balaban J connectivity index is 2.65. The highest BCUT2D eigenvalue weighted by Gasteiger charge is 2.14. The summed E-state index contributed by atoms with van der Waals surface area (Å²) in [6, 6.07) is 6.01. The van der Waals surface area contributed by atoms with Crippen molar-refractivity contribution in [2.24, 2.45) is 0 Å². The van der Waals surface area contributed by atoms with Gasteiger partial charge in [0.05, 0.1) is 12.8 Å². The van der Waals surface area contributed by atoms with Crippen molar-refractivity contribution in [3.05, 3.63) is 45.2 Å². The van der Waals surface area contributed by atoms with Crippen molar-refractivity contribution in [1.29, 1.82) is 0 Å². The third-order valence-electron chi connectivity index (χ3n) is 2.47. The van der Waals surface area contributed by atoms with E-state index in [9.17, 15) is 9.59 Å². The number of methoxy groups -OCH3 is 1. The van der Waals surface area contributed by atoms with Crippen LogP contribution < -0.4 is 10.3 Å². The Bertz CT molecular complexity index is 696. The molecule has 0 aliphatic carbocycles. The highest BCUT2D eigenvalue weighted by molar-refractivity contribution is 6.30. The Morgan fingerprint density at radius 2 is 2.16 bits per heavy atom. The molecule has 6 nitrogen and oxygen atoms in total. The maximum Gasteiger partial charge on any atom is 0.341 e. The molecule has 0 fully saturated rings. The predicted octanol–water partition coefficient (Wildman–Crippen LogP) is 1.80. The molecule has 19 heavy (non-hydrogen) atoms. The standard InChI is InChI=1S/C12H9ClN2O4/c1-19-10-3-2-6(13)4-7(10)9-5-8(12(17)18)11(16)15-14-9/h2-5H,1H3,(H,15,16)(H,17,18). The largest absolute Gasteiger partial charge is 0.496 e. The number of aromatic amines is 1.